The second kappa shape index (κ2) is 13.6. The summed E-state index contributed by atoms with van der Waals surface area (Å²) >= 11 is 0. The number of allylic oxidation sites excluding steroid dienone is 3. The highest BCUT2D eigenvalue weighted by Crippen LogP contribution is 2.29. The van der Waals surface area contributed by atoms with Crippen molar-refractivity contribution in [1.82, 2.24) is 0 Å². The lowest BCUT2D eigenvalue weighted by Gasteiger charge is -2.10. The van der Waals surface area contributed by atoms with Crippen molar-refractivity contribution >= 4 is 17.9 Å². The second-order valence-corrected chi connectivity index (χ2v) is 6.73. The molecule has 0 bridgehead atoms. The van der Waals surface area contributed by atoms with Gasteiger partial charge in [-0.25, -0.2) is 0 Å². The van der Waals surface area contributed by atoms with Crippen LogP contribution in [0.2, 0.25) is 0 Å². The molecule has 2 aromatic rings. The third-order valence-corrected chi connectivity index (χ3v) is 4.30. The summed E-state index contributed by atoms with van der Waals surface area (Å²) in [6.07, 6.45) is 7.18. The standard InChI is InChI=1S/C25H30N2O6/c1-30-24-15-18(5-9-22(24)32-13-11-26)3-7-20(28)17-21(29)8-4-19-6-10-23(33-14-12-27)25(16-19)31-2/h3-10,15-17,28H,11-14,26-27H2,1-2H3/b7-3+,8-4+,20-17?. The van der Waals surface area contributed by atoms with E-state index in [1.165, 1.54) is 26.4 Å². The van der Waals surface area contributed by atoms with Crippen molar-refractivity contribution in [3.63, 3.8) is 0 Å². The van der Waals surface area contributed by atoms with E-state index in [1.807, 2.05) is 0 Å². The van der Waals surface area contributed by atoms with E-state index in [9.17, 15) is 9.90 Å². The van der Waals surface area contributed by atoms with Crippen LogP contribution in [0.4, 0.5) is 0 Å². The van der Waals surface area contributed by atoms with Gasteiger partial charge in [-0.3, -0.25) is 4.79 Å². The Bertz CT molecular complexity index is 1010. The lowest BCUT2D eigenvalue weighted by Crippen LogP contribution is -2.11. The van der Waals surface area contributed by atoms with Gasteiger partial charge in [-0.15, -0.1) is 0 Å². The van der Waals surface area contributed by atoms with Crippen LogP contribution >= 0.6 is 0 Å². The SMILES string of the molecule is COc1cc(/C=C/C(=O)C=C(O)/C=C/c2ccc(OCCN)c(OC)c2)ccc1OCCN. The van der Waals surface area contributed by atoms with Gasteiger partial charge in [-0.2, -0.15) is 0 Å². The van der Waals surface area contributed by atoms with Crippen LogP contribution in [0, 0.1) is 0 Å². The molecule has 0 aromatic heterocycles. The number of rotatable bonds is 13. The maximum atomic E-state index is 12.2. The number of hydrogen-bond donors (Lipinski definition) is 3. The Labute approximate surface area is 193 Å². The molecular formula is C25H30N2O6. The van der Waals surface area contributed by atoms with E-state index in [0.29, 0.717) is 49.3 Å². The number of carbonyl (C=O) groups excluding carboxylic acids is 1. The van der Waals surface area contributed by atoms with E-state index >= 15 is 0 Å². The maximum Gasteiger partial charge on any atom is 0.182 e. The minimum atomic E-state index is -0.373. The number of methoxy groups -OCH3 is 2. The normalized spacial score (nSPS) is 11.7. The van der Waals surface area contributed by atoms with Crippen LogP contribution in [0.5, 0.6) is 23.0 Å². The summed E-state index contributed by atoms with van der Waals surface area (Å²) < 4.78 is 21.6. The molecule has 0 spiro atoms. The predicted molar refractivity (Wildman–Crippen MR) is 129 cm³/mol. The molecule has 0 saturated carbocycles. The van der Waals surface area contributed by atoms with Crippen LogP contribution < -0.4 is 30.4 Å². The molecule has 0 radical (unpaired) electrons. The highest BCUT2D eigenvalue weighted by molar-refractivity contribution is 6.02. The van der Waals surface area contributed by atoms with E-state index in [0.717, 1.165) is 17.2 Å². The van der Waals surface area contributed by atoms with Crippen molar-refractivity contribution in [2.24, 2.45) is 11.5 Å². The van der Waals surface area contributed by atoms with Gasteiger partial charge in [0.1, 0.15) is 19.0 Å². The molecule has 0 saturated heterocycles. The molecule has 33 heavy (non-hydrogen) atoms. The number of carbonyl (C=O) groups is 1. The average molecular weight is 455 g/mol. The molecule has 0 heterocycles. The zero-order valence-corrected chi connectivity index (χ0v) is 18.8. The molecular weight excluding hydrogens is 424 g/mol. The van der Waals surface area contributed by atoms with Gasteiger partial charge >= 0.3 is 0 Å². The number of aliphatic hydroxyl groups excluding tert-OH is 1. The van der Waals surface area contributed by atoms with Crippen LogP contribution in [-0.4, -0.2) is 51.4 Å². The molecule has 0 aliphatic heterocycles. The number of ketones is 1. The van der Waals surface area contributed by atoms with Gasteiger partial charge in [0.25, 0.3) is 0 Å². The Kier molecular flexibility index (Phi) is 10.5. The van der Waals surface area contributed by atoms with Crippen LogP contribution in [0.1, 0.15) is 11.1 Å². The first kappa shape index (κ1) is 25.5. The molecule has 2 aromatic carbocycles. The number of benzene rings is 2. The maximum absolute atomic E-state index is 12.2. The second-order valence-electron chi connectivity index (χ2n) is 6.73. The quantitative estimate of drug-likeness (QED) is 0.239. The summed E-state index contributed by atoms with van der Waals surface area (Å²) in [5.74, 6) is 1.68. The zero-order chi connectivity index (χ0) is 24.1. The van der Waals surface area contributed by atoms with Crippen LogP contribution in [0.15, 0.2) is 60.4 Å². The van der Waals surface area contributed by atoms with Gasteiger partial charge in [-0.1, -0.05) is 24.3 Å². The fraction of sp³-hybridized carbons (Fsp3) is 0.240. The van der Waals surface area contributed by atoms with Crippen molar-refractivity contribution in [1.29, 1.82) is 0 Å². The van der Waals surface area contributed by atoms with Crippen molar-refractivity contribution in [2.75, 3.05) is 40.5 Å². The molecule has 0 aliphatic carbocycles. The molecule has 0 unspecified atom stereocenters. The Morgan fingerprint density at radius 1 is 0.818 bits per heavy atom. The fourth-order valence-corrected chi connectivity index (χ4v) is 2.75. The summed E-state index contributed by atoms with van der Waals surface area (Å²) in [6, 6.07) is 10.6. The average Bonchev–Trinajstić information content (AvgIpc) is 2.83. The van der Waals surface area contributed by atoms with Crippen molar-refractivity contribution in [3.8, 4) is 23.0 Å². The van der Waals surface area contributed by atoms with Gasteiger partial charge in [0.15, 0.2) is 28.8 Å². The first-order valence-corrected chi connectivity index (χ1v) is 10.3. The Hall–Kier alpha value is -3.75. The van der Waals surface area contributed by atoms with Crippen LogP contribution in [0.3, 0.4) is 0 Å². The fourth-order valence-electron chi connectivity index (χ4n) is 2.75. The van der Waals surface area contributed by atoms with Crippen LogP contribution in [-0.2, 0) is 4.79 Å². The summed E-state index contributed by atoms with van der Waals surface area (Å²) in [5, 5.41) is 10.1. The molecule has 5 N–H and O–H groups in total. The molecule has 0 amide bonds. The minimum absolute atomic E-state index is 0.185. The van der Waals surface area contributed by atoms with E-state index in [-0.39, 0.29) is 11.5 Å². The molecule has 8 heteroatoms. The summed E-state index contributed by atoms with van der Waals surface area (Å²) in [6.45, 7) is 1.55. The van der Waals surface area contributed by atoms with Crippen molar-refractivity contribution < 1.29 is 28.8 Å². The summed E-state index contributed by atoms with van der Waals surface area (Å²) in [5.41, 5.74) is 12.4. The lowest BCUT2D eigenvalue weighted by atomic mass is 10.1. The highest BCUT2D eigenvalue weighted by Gasteiger charge is 2.06. The lowest BCUT2D eigenvalue weighted by molar-refractivity contribution is -0.110. The van der Waals surface area contributed by atoms with E-state index in [1.54, 1.807) is 48.6 Å². The summed E-state index contributed by atoms with van der Waals surface area (Å²) in [7, 11) is 3.07. The Morgan fingerprint density at radius 2 is 1.30 bits per heavy atom. The van der Waals surface area contributed by atoms with Crippen molar-refractivity contribution in [2.45, 2.75) is 0 Å². The third-order valence-electron chi connectivity index (χ3n) is 4.30. The Morgan fingerprint density at radius 3 is 1.76 bits per heavy atom. The monoisotopic (exact) mass is 454 g/mol. The zero-order valence-electron chi connectivity index (χ0n) is 18.8. The number of hydrogen-bond acceptors (Lipinski definition) is 8. The van der Waals surface area contributed by atoms with E-state index < -0.39 is 0 Å². The number of nitrogens with two attached hydrogens (primary N) is 2. The van der Waals surface area contributed by atoms with Gasteiger partial charge in [-0.05, 0) is 47.5 Å². The highest BCUT2D eigenvalue weighted by atomic mass is 16.5. The third kappa shape index (κ3) is 8.36. The van der Waals surface area contributed by atoms with E-state index in [2.05, 4.69) is 0 Å². The number of aliphatic hydroxyl groups is 1. The topological polar surface area (TPSA) is 126 Å². The molecule has 0 fully saturated rings. The molecule has 0 aliphatic rings. The molecule has 2 rings (SSSR count). The first-order valence-electron chi connectivity index (χ1n) is 10.3. The van der Waals surface area contributed by atoms with Gasteiger partial charge < -0.3 is 35.5 Å². The predicted octanol–water partition coefficient (Wildman–Crippen LogP) is 3.12. The first-order chi connectivity index (χ1) is 16.0. The minimum Gasteiger partial charge on any atom is -0.508 e. The summed E-state index contributed by atoms with van der Waals surface area (Å²) in [4.78, 5) is 12.2. The van der Waals surface area contributed by atoms with Gasteiger partial charge in [0, 0.05) is 19.2 Å². The van der Waals surface area contributed by atoms with Gasteiger partial charge in [0.2, 0.25) is 0 Å². The molecule has 0 atom stereocenters. The molecule has 8 nitrogen and oxygen atoms in total. The van der Waals surface area contributed by atoms with Crippen LogP contribution in [0.25, 0.3) is 12.2 Å². The Balaban J connectivity index is 2.03. The largest absolute Gasteiger partial charge is 0.508 e. The number of ether oxygens (including phenoxy) is 4. The van der Waals surface area contributed by atoms with Gasteiger partial charge in [0.05, 0.1) is 14.2 Å². The smallest absolute Gasteiger partial charge is 0.182 e. The molecule has 176 valence electrons. The van der Waals surface area contributed by atoms with E-state index in [4.69, 9.17) is 30.4 Å². The van der Waals surface area contributed by atoms with Crippen molar-refractivity contribution in [3.05, 3.63) is 71.5 Å².